The number of aromatic nitrogens is 2. The zero-order chi connectivity index (χ0) is 21.7. The van der Waals surface area contributed by atoms with E-state index in [4.69, 9.17) is 23.2 Å². The van der Waals surface area contributed by atoms with E-state index < -0.39 is 0 Å². The van der Waals surface area contributed by atoms with Crippen molar-refractivity contribution in [2.24, 2.45) is 5.92 Å². The number of benzene rings is 1. The van der Waals surface area contributed by atoms with Crippen molar-refractivity contribution in [2.45, 2.75) is 38.8 Å². The maximum absolute atomic E-state index is 12.9. The zero-order valence-electron chi connectivity index (χ0n) is 16.8. The molecule has 1 aliphatic heterocycles. The van der Waals surface area contributed by atoms with Gasteiger partial charge in [0, 0.05) is 32.4 Å². The third-order valence-corrected chi connectivity index (χ3v) is 5.93. The summed E-state index contributed by atoms with van der Waals surface area (Å²) < 4.78 is 0. The van der Waals surface area contributed by atoms with Crippen molar-refractivity contribution in [3.63, 3.8) is 0 Å². The lowest BCUT2D eigenvalue weighted by atomic mass is 10.0. The molecule has 3 rings (SSSR count). The summed E-state index contributed by atoms with van der Waals surface area (Å²) >= 11 is 12.1. The molecule has 0 bridgehead atoms. The molecule has 0 saturated carbocycles. The fraction of sp³-hybridized carbons (Fsp3) is 0.476. The Kier molecular flexibility index (Phi) is 7.88. The molecule has 1 aliphatic rings. The lowest BCUT2D eigenvalue weighted by Gasteiger charge is -2.30. The van der Waals surface area contributed by atoms with Gasteiger partial charge in [-0.1, -0.05) is 36.2 Å². The van der Waals surface area contributed by atoms with E-state index in [1.807, 2.05) is 13.1 Å². The van der Waals surface area contributed by atoms with Crippen LogP contribution >= 0.6 is 23.2 Å². The second-order valence-corrected chi connectivity index (χ2v) is 8.42. The van der Waals surface area contributed by atoms with Crippen molar-refractivity contribution in [3.05, 3.63) is 57.1 Å². The quantitative estimate of drug-likeness (QED) is 0.599. The molecule has 0 radical (unpaired) electrons. The Morgan fingerprint density at radius 2 is 2.10 bits per heavy atom. The molecule has 30 heavy (non-hydrogen) atoms. The van der Waals surface area contributed by atoms with Crippen molar-refractivity contribution in [1.82, 2.24) is 20.2 Å². The molecule has 0 fully saturated rings. The molecule has 0 unspecified atom stereocenters. The van der Waals surface area contributed by atoms with E-state index in [1.54, 1.807) is 23.1 Å². The standard InChI is InChI=1S/C21H26Cl2N4O3/c1-13(12-29)8-20-24-10-15-4-6-27(11-19(15)25-20)21(30)26-18(5-7-28)14-2-3-16(22)17(23)9-14/h2-3,9-10,13,18,28-29H,4-8,11-12H2,1H3,(H,26,30)/t13-,18-/m1/s1. The van der Waals surface area contributed by atoms with Crippen LogP contribution in [0.3, 0.4) is 0 Å². The van der Waals surface area contributed by atoms with Gasteiger partial charge in [0.25, 0.3) is 0 Å². The van der Waals surface area contributed by atoms with Gasteiger partial charge < -0.3 is 20.4 Å². The van der Waals surface area contributed by atoms with Gasteiger partial charge in [0.05, 0.1) is 28.3 Å². The molecule has 2 amide bonds. The summed E-state index contributed by atoms with van der Waals surface area (Å²) in [5.41, 5.74) is 2.66. The van der Waals surface area contributed by atoms with Crippen molar-refractivity contribution >= 4 is 29.2 Å². The van der Waals surface area contributed by atoms with Gasteiger partial charge in [0.1, 0.15) is 5.82 Å². The maximum atomic E-state index is 12.9. The first-order valence-corrected chi connectivity index (χ1v) is 10.7. The second kappa shape index (κ2) is 10.4. The number of aliphatic hydroxyl groups excluding tert-OH is 2. The fourth-order valence-electron chi connectivity index (χ4n) is 3.41. The second-order valence-electron chi connectivity index (χ2n) is 7.61. The Morgan fingerprint density at radius 3 is 2.80 bits per heavy atom. The van der Waals surface area contributed by atoms with Crippen LogP contribution in [0.4, 0.5) is 4.79 Å². The third-order valence-electron chi connectivity index (χ3n) is 5.19. The van der Waals surface area contributed by atoms with E-state index in [0.717, 1.165) is 16.8 Å². The number of halogens is 2. The number of carbonyl (C=O) groups is 1. The number of rotatable bonds is 7. The SMILES string of the molecule is C[C@@H](CO)Cc1ncc2c(n1)CN(C(=O)N[C@H](CCO)c1ccc(Cl)c(Cl)c1)CC2. The van der Waals surface area contributed by atoms with Crippen LogP contribution in [0.15, 0.2) is 24.4 Å². The first kappa shape index (κ1) is 22.7. The van der Waals surface area contributed by atoms with Crippen molar-refractivity contribution in [1.29, 1.82) is 0 Å². The first-order chi connectivity index (χ1) is 14.4. The average Bonchev–Trinajstić information content (AvgIpc) is 2.74. The van der Waals surface area contributed by atoms with Gasteiger partial charge in [0.2, 0.25) is 0 Å². The average molecular weight is 453 g/mol. The molecular weight excluding hydrogens is 427 g/mol. The van der Waals surface area contributed by atoms with E-state index in [1.165, 1.54) is 0 Å². The lowest BCUT2D eigenvalue weighted by Crippen LogP contribution is -2.44. The molecule has 2 heterocycles. The van der Waals surface area contributed by atoms with E-state index in [2.05, 4.69) is 15.3 Å². The molecule has 1 aromatic carbocycles. The summed E-state index contributed by atoms with van der Waals surface area (Å²) in [5, 5.41) is 22.5. The van der Waals surface area contributed by atoms with Gasteiger partial charge in [0.15, 0.2) is 0 Å². The molecule has 0 aliphatic carbocycles. The van der Waals surface area contributed by atoms with Crippen LogP contribution in [0.2, 0.25) is 10.0 Å². The van der Waals surface area contributed by atoms with E-state index in [0.29, 0.717) is 48.2 Å². The predicted octanol–water partition coefficient (Wildman–Crippen LogP) is 3.15. The van der Waals surface area contributed by atoms with E-state index >= 15 is 0 Å². The summed E-state index contributed by atoms with van der Waals surface area (Å²) in [7, 11) is 0. The first-order valence-electron chi connectivity index (χ1n) is 9.97. The number of amides is 2. The monoisotopic (exact) mass is 452 g/mol. The Bertz CT molecular complexity index is 897. The summed E-state index contributed by atoms with van der Waals surface area (Å²) in [6, 6.07) is 4.57. The van der Waals surface area contributed by atoms with Crippen molar-refractivity contribution < 1.29 is 15.0 Å². The normalized spacial score (nSPS) is 15.4. The van der Waals surface area contributed by atoms with Crippen LogP contribution in [0.25, 0.3) is 0 Å². The highest BCUT2D eigenvalue weighted by Crippen LogP contribution is 2.27. The molecule has 2 aromatic rings. The minimum absolute atomic E-state index is 0.0757. The Morgan fingerprint density at radius 1 is 1.30 bits per heavy atom. The van der Waals surface area contributed by atoms with Gasteiger partial charge in [-0.3, -0.25) is 0 Å². The van der Waals surface area contributed by atoms with Gasteiger partial charge >= 0.3 is 6.03 Å². The van der Waals surface area contributed by atoms with Crippen LogP contribution in [0.5, 0.6) is 0 Å². The largest absolute Gasteiger partial charge is 0.396 e. The minimum atomic E-state index is -0.384. The third kappa shape index (κ3) is 5.60. The van der Waals surface area contributed by atoms with Crippen LogP contribution in [0.1, 0.15) is 42.0 Å². The topological polar surface area (TPSA) is 98.6 Å². The summed E-state index contributed by atoms with van der Waals surface area (Å²) in [6.45, 7) is 2.88. The highest BCUT2D eigenvalue weighted by Gasteiger charge is 2.25. The predicted molar refractivity (Wildman–Crippen MR) is 116 cm³/mol. The number of nitrogens with zero attached hydrogens (tertiary/aromatic N) is 3. The Balaban J connectivity index is 1.70. The number of fused-ring (bicyclic) bond motifs is 1. The van der Waals surface area contributed by atoms with Gasteiger partial charge in [-0.15, -0.1) is 0 Å². The highest BCUT2D eigenvalue weighted by molar-refractivity contribution is 6.42. The lowest BCUT2D eigenvalue weighted by molar-refractivity contribution is 0.183. The van der Waals surface area contributed by atoms with Crippen molar-refractivity contribution in [3.8, 4) is 0 Å². The highest BCUT2D eigenvalue weighted by atomic mass is 35.5. The number of hydrogen-bond donors (Lipinski definition) is 3. The molecule has 2 atom stereocenters. The molecule has 9 heteroatoms. The molecule has 162 valence electrons. The fourth-order valence-corrected chi connectivity index (χ4v) is 3.72. The molecule has 0 spiro atoms. The molecule has 1 aromatic heterocycles. The number of hydrogen-bond acceptors (Lipinski definition) is 5. The molecule has 0 saturated heterocycles. The number of urea groups is 1. The van der Waals surface area contributed by atoms with Crippen LogP contribution in [-0.4, -0.2) is 50.9 Å². The van der Waals surface area contributed by atoms with Crippen LogP contribution in [0, 0.1) is 5.92 Å². The Hall–Kier alpha value is -1.93. The summed E-state index contributed by atoms with van der Waals surface area (Å²) in [5.74, 6) is 0.753. The number of carbonyl (C=O) groups excluding carboxylic acids is 1. The van der Waals surface area contributed by atoms with Crippen molar-refractivity contribution in [2.75, 3.05) is 19.8 Å². The summed E-state index contributed by atoms with van der Waals surface area (Å²) in [6.07, 6.45) is 3.45. The van der Waals surface area contributed by atoms with Crippen LogP contribution in [-0.2, 0) is 19.4 Å². The summed E-state index contributed by atoms with van der Waals surface area (Å²) in [4.78, 5) is 23.6. The smallest absolute Gasteiger partial charge is 0.318 e. The van der Waals surface area contributed by atoms with Gasteiger partial charge in [-0.2, -0.15) is 0 Å². The van der Waals surface area contributed by atoms with Gasteiger partial charge in [-0.05, 0) is 42.0 Å². The number of nitrogens with one attached hydrogen (secondary N) is 1. The molecular formula is C21H26Cl2N4O3. The van der Waals surface area contributed by atoms with Gasteiger partial charge in [-0.25, -0.2) is 14.8 Å². The zero-order valence-corrected chi connectivity index (χ0v) is 18.3. The van der Waals surface area contributed by atoms with Crippen LogP contribution < -0.4 is 5.32 Å². The Labute approximate surface area is 186 Å². The molecule has 3 N–H and O–H groups in total. The van der Waals surface area contributed by atoms with E-state index in [-0.39, 0.29) is 31.2 Å². The number of aliphatic hydroxyl groups is 2. The minimum Gasteiger partial charge on any atom is -0.396 e. The van der Waals surface area contributed by atoms with E-state index in [9.17, 15) is 15.0 Å². The molecule has 7 nitrogen and oxygen atoms in total. The maximum Gasteiger partial charge on any atom is 0.318 e.